The molecular formula is C15H22ClFN2O. The zero-order valence-corrected chi connectivity index (χ0v) is 12.5. The lowest BCUT2D eigenvalue weighted by atomic mass is 9.84. The second kappa shape index (κ2) is 7.60. The fourth-order valence-electron chi connectivity index (χ4n) is 2.81. The molecule has 1 saturated carbocycles. The summed E-state index contributed by atoms with van der Waals surface area (Å²) in [5.74, 6) is -0.0761. The molecule has 1 aromatic rings. The molecule has 1 aliphatic carbocycles. The van der Waals surface area contributed by atoms with Gasteiger partial charge in [-0.1, -0.05) is 12.8 Å². The summed E-state index contributed by atoms with van der Waals surface area (Å²) in [5, 5.41) is 3.06. The summed E-state index contributed by atoms with van der Waals surface area (Å²) in [5.41, 5.74) is 6.97. The van der Waals surface area contributed by atoms with Gasteiger partial charge in [-0.15, -0.1) is 12.4 Å². The maximum Gasteiger partial charge on any atom is 0.251 e. The van der Waals surface area contributed by atoms with E-state index in [0.717, 1.165) is 19.3 Å². The van der Waals surface area contributed by atoms with Crippen LogP contribution in [0.1, 0.15) is 41.6 Å². The van der Waals surface area contributed by atoms with Crippen LogP contribution >= 0.6 is 12.4 Å². The number of benzene rings is 1. The Hall–Kier alpha value is -1.13. The molecule has 1 aromatic carbocycles. The van der Waals surface area contributed by atoms with E-state index in [1.54, 1.807) is 13.0 Å². The Bertz CT molecular complexity index is 467. The third-order valence-electron chi connectivity index (χ3n) is 3.96. The lowest BCUT2D eigenvalue weighted by Gasteiger charge is -2.31. The highest BCUT2D eigenvalue weighted by Crippen LogP contribution is 2.24. The van der Waals surface area contributed by atoms with Crippen LogP contribution in [0.4, 0.5) is 4.39 Å². The highest BCUT2D eigenvalue weighted by atomic mass is 35.5. The molecule has 0 aromatic heterocycles. The van der Waals surface area contributed by atoms with E-state index in [2.05, 4.69) is 5.32 Å². The molecule has 1 fully saturated rings. The van der Waals surface area contributed by atoms with Gasteiger partial charge in [0.25, 0.3) is 5.91 Å². The summed E-state index contributed by atoms with van der Waals surface area (Å²) in [6, 6.07) is 4.40. The highest BCUT2D eigenvalue weighted by Gasteiger charge is 2.25. The quantitative estimate of drug-likeness (QED) is 0.902. The standard InChI is InChI=1S/C15H21FN2O.ClH/c1-10-8-12(16)6-7-13(10)15(19)18-14-5-3-2-4-11(14)9-17;/h6-8,11,14H,2-5,9,17H2,1H3,(H,18,19);1H. The number of nitrogens with two attached hydrogens (primary N) is 1. The lowest BCUT2D eigenvalue weighted by molar-refractivity contribution is 0.0907. The van der Waals surface area contributed by atoms with Crippen LogP contribution in [0.25, 0.3) is 0 Å². The van der Waals surface area contributed by atoms with Gasteiger partial charge in [0.05, 0.1) is 0 Å². The topological polar surface area (TPSA) is 55.1 Å². The Balaban J connectivity index is 0.00000200. The molecular weight excluding hydrogens is 279 g/mol. The second-order valence-corrected chi connectivity index (χ2v) is 5.32. The molecule has 0 bridgehead atoms. The summed E-state index contributed by atoms with van der Waals surface area (Å²) in [7, 11) is 0. The number of nitrogens with one attached hydrogen (secondary N) is 1. The van der Waals surface area contributed by atoms with Crippen LogP contribution in [0.15, 0.2) is 18.2 Å². The van der Waals surface area contributed by atoms with Gasteiger partial charge in [0.15, 0.2) is 0 Å². The summed E-state index contributed by atoms with van der Waals surface area (Å²) in [6.45, 7) is 2.35. The van der Waals surface area contributed by atoms with Crippen LogP contribution in [0.2, 0.25) is 0 Å². The van der Waals surface area contributed by atoms with Crippen molar-refractivity contribution in [1.82, 2.24) is 5.32 Å². The van der Waals surface area contributed by atoms with E-state index in [4.69, 9.17) is 5.73 Å². The van der Waals surface area contributed by atoms with Gasteiger partial charge >= 0.3 is 0 Å². The van der Waals surface area contributed by atoms with E-state index in [1.165, 1.54) is 18.6 Å². The molecule has 2 unspecified atom stereocenters. The molecule has 0 aliphatic heterocycles. The smallest absolute Gasteiger partial charge is 0.251 e. The maximum atomic E-state index is 13.0. The fourth-order valence-corrected chi connectivity index (χ4v) is 2.81. The number of carbonyl (C=O) groups is 1. The minimum atomic E-state index is -0.313. The predicted octanol–water partition coefficient (Wildman–Crippen LogP) is 2.80. The van der Waals surface area contributed by atoms with Gasteiger partial charge in [0.1, 0.15) is 5.82 Å². The minimum Gasteiger partial charge on any atom is -0.349 e. The summed E-state index contributed by atoms with van der Waals surface area (Å²) in [6.07, 6.45) is 4.37. The van der Waals surface area contributed by atoms with E-state index in [9.17, 15) is 9.18 Å². The SMILES string of the molecule is Cc1cc(F)ccc1C(=O)NC1CCCCC1CN.Cl. The van der Waals surface area contributed by atoms with Crippen molar-refractivity contribution in [3.8, 4) is 0 Å². The van der Waals surface area contributed by atoms with Crippen molar-refractivity contribution >= 4 is 18.3 Å². The largest absolute Gasteiger partial charge is 0.349 e. The third-order valence-corrected chi connectivity index (χ3v) is 3.96. The molecule has 0 heterocycles. The molecule has 112 valence electrons. The molecule has 2 rings (SSSR count). The van der Waals surface area contributed by atoms with Gasteiger partial charge in [-0.3, -0.25) is 4.79 Å². The van der Waals surface area contributed by atoms with Crippen LogP contribution < -0.4 is 11.1 Å². The molecule has 3 nitrogen and oxygen atoms in total. The maximum absolute atomic E-state index is 13.0. The fraction of sp³-hybridized carbons (Fsp3) is 0.533. The number of rotatable bonds is 3. The summed E-state index contributed by atoms with van der Waals surface area (Å²) in [4.78, 5) is 12.2. The number of halogens is 2. The molecule has 3 N–H and O–H groups in total. The van der Waals surface area contributed by atoms with Crippen molar-refractivity contribution in [2.45, 2.75) is 38.6 Å². The monoisotopic (exact) mass is 300 g/mol. The van der Waals surface area contributed by atoms with Gasteiger partial charge < -0.3 is 11.1 Å². The van der Waals surface area contributed by atoms with Crippen LogP contribution in [0, 0.1) is 18.7 Å². The average molecular weight is 301 g/mol. The molecule has 0 saturated heterocycles. The minimum absolute atomic E-state index is 0. The lowest BCUT2D eigenvalue weighted by Crippen LogP contribution is -2.44. The summed E-state index contributed by atoms with van der Waals surface area (Å²) >= 11 is 0. The van der Waals surface area contributed by atoms with Gasteiger partial charge in [-0.25, -0.2) is 4.39 Å². The Morgan fingerprint density at radius 3 is 2.75 bits per heavy atom. The normalized spacial score (nSPS) is 21.9. The number of hydrogen-bond donors (Lipinski definition) is 2. The van der Waals surface area contributed by atoms with Crippen molar-refractivity contribution in [3.63, 3.8) is 0 Å². The first-order valence-corrected chi connectivity index (χ1v) is 6.89. The Morgan fingerprint density at radius 2 is 2.10 bits per heavy atom. The molecule has 5 heteroatoms. The zero-order chi connectivity index (χ0) is 13.8. The van der Waals surface area contributed by atoms with Crippen molar-refractivity contribution in [1.29, 1.82) is 0 Å². The van der Waals surface area contributed by atoms with Crippen LogP contribution in [0.3, 0.4) is 0 Å². The van der Waals surface area contributed by atoms with Gasteiger partial charge in [0.2, 0.25) is 0 Å². The number of carbonyl (C=O) groups excluding carboxylic acids is 1. The van der Waals surface area contributed by atoms with Crippen molar-refractivity contribution in [3.05, 3.63) is 35.1 Å². The highest BCUT2D eigenvalue weighted by molar-refractivity contribution is 5.95. The average Bonchev–Trinajstić information content (AvgIpc) is 2.39. The van der Waals surface area contributed by atoms with Gasteiger partial charge in [0, 0.05) is 11.6 Å². The van der Waals surface area contributed by atoms with Crippen molar-refractivity contribution < 1.29 is 9.18 Å². The first kappa shape index (κ1) is 16.9. The molecule has 1 aliphatic rings. The van der Waals surface area contributed by atoms with E-state index >= 15 is 0 Å². The molecule has 1 amide bonds. The number of aryl methyl sites for hydroxylation is 1. The van der Waals surface area contributed by atoms with Crippen LogP contribution in [0.5, 0.6) is 0 Å². The third kappa shape index (κ3) is 3.93. The van der Waals surface area contributed by atoms with Crippen LogP contribution in [-0.4, -0.2) is 18.5 Å². The Labute approximate surface area is 125 Å². The Kier molecular flexibility index (Phi) is 6.43. The first-order valence-electron chi connectivity index (χ1n) is 6.89. The summed E-state index contributed by atoms with van der Waals surface area (Å²) < 4.78 is 13.0. The molecule has 0 radical (unpaired) electrons. The van der Waals surface area contributed by atoms with Crippen molar-refractivity contribution in [2.75, 3.05) is 6.54 Å². The number of amides is 1. The second-order valence-electron chi connectivity index (χ2n) is 5.32. The van der Waals surface area contributed by atoms with E-state index in [-0.39, 0.29) is 30.2 Å². The predicted molar refractivity (Wildman–Crippen MR) is 80.7 cm³/mol. The van der Waals surface area contributed by atoms with Gasteiger partial charge in [-0.05, 0) is 56.0 Å². The van der Waals surface area contributed by atoms with Gasteiger partial charge in [-0.2, -0.15) is 0 Å². The van der Waals surface area contributed by atoms with Crippen LogP contribution in [-0.2, 0) is 0 Å². The zero-order valence-electron chi connectivity index (χ0n) is 11.7. The van der Waals surface area contributed by atoms with Crippen molar-refractivity contribution in [2.24, 2.45) is 11.7 Å². The van der Waals surface area contributed by atoms with E-state index in [0.29, 0.717) is 23.6 Å². The molecule has 0 spiro atoms. The molecule has 20 heavy (non-hydrogen) atoms. The van der Waals surface area contributed by atoms with E-state index in [1.807, 2.05) is 0 Å². The molecule has 2 atom stereocenters. The Morgan fingerprint density at radius 1 is 1.40 bits per heavy atom. The first-order chi connectivity index (χ1) is 9.11. The van der Waals surface area contributed by atoms with E-state index < -0.39 is 0 Å². The number of hydrogen-bond acceptors (Lipinski definition) is 2.